The highest BCUT2D eigenvalue weighted by atomic mass is 16.2. The summed E-state index contributed by atoms with van der Waals surface area (Å²) in [5.41, 5.74) is 7.66. The highest BCUT2D eigenvalue weighted by Gasteiger charge is 2.18. The van der Waals surface area contributed by atoms with E-state index in [9.17, 15) is 4.79 Å². The molecule has 2 N–H and O–H groups in total. The third-order valence-corrected chi connectivity index (χ3v) is 3.31. The van der Waals surface area contributed by atoms with E-state index in [0.29, 0.717) is 6.54 Å². The maximum absolute atomic E-state index is 11.9. The van der Waals surface area contributed by atoms with E-state index in [-0.39, 0.29) is 11.9 Å². The number of carbonyl (C=O) groups is 1. The smallest absolute Gasteiger partial charge is 0.236 e. The van der Waals surface area contributed by atoms with E-state index in [2.05, 4.69) is 18.7 Å². The summed E-state index contributed by atoms with van der Waals surface area (Å²) in [6.45, 7) is 5.62. The van der Waals surface area contributed by atoms with E-state index in [4.69, 9.17) is 5.73 Å². The van der Waals surface area contributed by atoms with Gasteiger partial charge in [-0.05, 0) is 37.6 Å². The Bertz CT molecular complexity index is 400. The van der Waals surface area contributed by atoms with Crippen molar-refractivity contribution in [3.05, 3.63) is 29.8 Å². The lowest BCUT2D eigenvalue weighted by molar-refractivity contribution is -0.130. The second-order valence-corrected chi connectivity index (χ2v) is 5.10. The molecule has 0 saturated heterocycles. The SMILES string of the molecule is CCCN(CC(=O)N(C)C)C(C)c1ccc(N)cc1. The Morgan fingerprint density at radius 3 is 2.32 bits per heavy atom. The summed E-state index contributed by atoms with van der Waals surface area (Å²) in [4.78, 5) is 15.7. The van der Waals surface area contributed by atoms with Gasteiger partial charge in [0, 0.05) is 25.8 Å². The number of likely N-dealkylation sites (N-methyl/N-ethyl adjacent to an activating group) is 1. The van der Waals surface area contributed by atoms with E-state index in [1.165, 1.54) is 5.56 Å². The van der Waals surface area contributed by atoms with Crippen molar-refractivity contribution in [2.45, 2.75) is 26.3 Å². The second-order valence-electron chi connectivity index (χ2n) is 5.10. The lowest BCUT2D eigenvalue weighted by Crippen LogP contribution is -2.38. The molecule has 4 nitrogen and oxygen atoms in total. The van der Waals surface area contributed by atoms with Crippen molar-refractivity contribution in [1.82, 2.24) is 9.80 Å². The zero-order chi connectivity index (χ0) is 14.4. The van der Waals surface area contributed by atoms with Crippen LogP contribution in [0.2, 0.25) is 0 Å². The normalized spacial score (nSPS) is 12.5. The van der Waals surface area contributed by atoms with Crippen LogP contribution in [0.5, 0.6) is 0 Å². The maximum atomic E-state index is 11.9. The molecule has 1 aromatic carbocycles. The number of hydrogen-bond donors (Lipinski definition) is 1. The number of benzene rings is 1. The van der Waals surface area contributed by atoms with Gasteiger partial charge in [-0.25, -0.2) is 0 Å². The van der Waals surface area contributed by atoms with Crippen LogP contribution < -0.4 is 5.73 Å². The molecule has 0 aromatic heterocycles. The van der Waals surface area contributed by atoms with Gasteiger partial charge in [0.2, 0.25) is 5.91 Å². The molecule has 1 amide bonds. The minimum Gasteiger partial charge on any atom is -0.399 e. The fraction of sp³-hybridized carbons (Fsp3) is 0.533. The summed E-state index contributed by atoms with van der Waals surface area (Å²) in [5.74, 6) is 0.135. The van der Waals surface area contributed by atoms with Crippen LogP contribution in [0.25, 0.3) is 0 Å². The highest BCUT2D eigenvalue weighted by Crippen LogP contribution is 2.21. The molecule has 0 aliphatic rings. The molecule has 0 spiro atoms. The van der Waals surface area contributed by atoms with Gasteiger partial charge in [0.25, 0.3) is 0 Å². The van der Waals surface area contributed by atoms with Gasteiger partial charge in [0.15, 0.2) is 0 Å². The number of nitrogens with two attached hydrogens (primary N) is 1. The fourth-order valence-corrected chi connectivity index (χ4v) is 2.00. The zero-order valence-corrected chi connectivity index (χ0v) is 12.4. The molecule has 1 unspecified atom stereocenters. The van der Waals surface area contributed by atoms with Crippen molar-refractivity contribution < 1.29 is 4.79 Å². The van der Waals surface area contributed by atoms with Crippen LogP contribution in [0.15, 0.2) is 24.3 Å². The molecule has 1 aromatic rings. The van der Waals surface area contributed by atoms with Gasteiger partial charge in [-0.1, -0.05) is 19.1 Å². The fourth-order valence-electron chi connectivity index (χ4n) is 2.00. The van der Waals surface area contributed by atoms with Crippen molar-refractivity contribution in [2.75, 3.05) is 32.9 Å². The Balaban J connectivity index is 2.80. The first kappa shape index (κ1) is 15.5. The third-order valence-electron chi connectivity index (χ3n) is 3.31. The van der Waals surface area contributed by atoms with Crippen molar-refractivity contribution in [1.29, 1.82) is 0 Å². The van der Waals surface area contributed by atoms with Crippen LogP contribution in [0.1, 0.15) is 31.9 Å². The summed E-state index contributed by atoms with van der Waals surface area (Å²) in [7, 11) is 3.58. The number of carbonyl (C=O) groups excluding carboxylic acids is 1. The van der Waals surface area contributed by atoms with E-state index < -0.39 is 0 Å². The number of anilines is 1. The third kappa shape index (κ3) is 4.56. The van der Waals surface area contributed by atoms with E-state index >= 15 is 0 Å². The van der Waals surface area contributed by atoms with E-state index in [1.54, 1.807) is 19.0 Å². The van der Waals surface area contributed by atoms with Crippen LogP contribution in [-0.4, -0.2) is 42.9 Å². The monoisotopic (exact) mass is 263 g/mol. The van der Waals surface area contributed by atoms with Crippen molar-refractivity contribution in [3.8, 4) is 0 Å². The van der Waals surface area contributed by atoms with Crippen LogP contribution in [0, 0.1) is 0 Å². The molecule has 0 aliphatic carbocycles. The number of amides is 1. The quantitative estimate of drug-likeness (QED) is 0.800. The van der Waals surface area contributed by atoms with Gasteiger partial charge in [0.1, 0.15) is 0 Å². The van der Waals surface area contributed by atoms with Crippen molar-refractivity contribution in [3.63, 3.8) is 0 Å². The minimum absolute atomic E-state index is 0.135. The maximum Gasteiger partial charge on any atom is 0.236 e. The molecule has 1 atom stereocenters. The Morgan fingerprint density at radius 1 is 1.26 bits per heavy atom. The average Bonchev–Trinajstić information content (AvgIpc) is 2.38. The predicted octanol–water partition coefficient (Wildman–Crippen LogP) is 2.13. The van der Waals surface area contributed by atoms with Crippen molar-refractivity contribution in [2.24, 2.45) is 0 Å². The Kier molecular flexibility index (Phi) is 5.83. The lowest BCUT2D eigenvalue weighted by atomic mass is 10.1. The first-order valence-electron chi connectivity index (χ1n) is 6.75. The number of hydrogen-bond acceptors (Lipinski definition) is 3. The number of rotatable bonds is 6. The standard InChI is InChI=1S/C15H25N3O/c1-5-10-18(11-15(19)17(3)4)12(2)13-6-8-14(16)9-7-13/h6-9,12H,5,10-11,16H2,1-4H3. The van der Waals surface area contributed by atoms with Gasteiger partial charge < -0.3 is 10.6 Å². The predicted molar refractivity (Wildman–Crippen MR) is 79.8 cm³/mol. The van der Waals surface area contributed by atoms with E-state index in [1.807, 2.05) is 24.3 Å². The summed E-state index contributed by atoms with van der Waals surface area (Å²) >= 11 is 0. The molecule has 0 bridgehead atoms. The Labute approximate surface area is 116 Å². The lowest BCUT2D eigenvalue weighted by Gasteiger charge is -2.29. The van der Waals surface area contributed by atoms with Crippen molar-refractivity contribution >= 4 is 11.6 Å². The Morgan fingerprint density at radius 2 is 1.84 bits per heavy atom. The second kappa shape index (κ2) is 7.14. The molecule has 4 heteroatoms. The first-order chi connectivity index (χ1) is 8.95. The van der Waals surface area contributed by atoms with Gasteiger partial charge >= 0.3 is 0 Å². The number of nitrogens with zero attached hydrogens (tertiary/aromatic N) is 2. The number of nitrogen functional groups attached to an aromatic ring is 1. The average molecular weight is 263 g/mol. The summed E-state index contributed by atoms with van der Waals surface area (Å²) in [6, 6.07) is 8.09. The molecular formula is C15H25N3O. The van der Waals surface area contributed by atoms with Gasteiger partial charge in [-0.2, -0.15) is 0 Å². The molecule has 106 valence electrons. The summed E-state index contributed by atoms with van der Waals surface area (Å²) in [5, 5.41) is 0. The molecule has 1 rings (SSSR count). The van der Waals surface area contributed by atoms with Crippen LogP contribution in [0.4, 0.5) is 5.69 Å². The first-order valence-corrected chi connectivity index (χ1v) is 6.75. The van der Waals surface area contributed by atoms with Crippen LogP contribution >= 0.6 is 0 Å². The molecule has 19 heavy (non-hydrogen) atoms. The molecule has 0 heterocycles. The largest absolute Gasteiger partial charge is 0.399 e. The van der Waals surface area contributed by atoms with Gasteiger partial charge in [-0.3, -0.25) is 9.69 Å². The topological polar surface area (TPSA) is 49.6 Å². The Hall–Kier alpha value is -1.55. The van der Waals surface area contributed by atoms with E-state index in [0.717, 1.165) is 18.7 Å². The molecule has 0 saturated carbocycles. The van der Waals surface area contributed by atoms with Crippen LogP contribution in [0.3, 0.4) is 0 Å². The van der Waals surface area contributed by atoms with Crippen LogP contribution in [-0.2, 0) is 4.79 Å². The molecule has 0 radical (unpaired) electrons. The highest BCUT2D eigenvalue weighted by molar-refractivity contribution is 5.77. The summed E-state index contributed by atoms with van der Waals surface area (Å²) < 4.78 is 0. The molecular weight excluding hydrogens is 238 g/mol. The zero-order valence-electron chi connectivity index (χ0n) is 12.4. The minimum atomic E-state index is 0.135. The molecule has 0 fully saturated rings. The molecule has 0 aliphatic heterocycles. The van der Waals surface area contributed by atoms with Gasteiger partial charge in [-0.15, -0.1) is 0 Å². The summed E-state index contributed by atoms with van der Waals surface area (Å²) in [6.07, 6.45) is 1.03. The van der Waals surface area contributed by atoms with Gasteiger partial charge in [0.05, 0.1) is 6.54 Å².